The zero-order valence-electron chi connectivity index (χ0n) is 43.2. The minimum atomic E-state index is -0.0893. The van der Waals surface area contributed by atoms with E-state index in [0.717, 1.165) is 52.7 Å². The highest BCUT2D eigenvalue weighted by atomic mass is 16.4. The number of hydrogen-bond acceptors (Lipinski definition) is 2. The van der Waals surface area contributed by atoms with Gasteiger partial charge in [0, 0.05) is 49.5 Å². The molecule has 6 bridgehead atoms. The van der Waals surface area contributed by atoms with Crippen LogP contribution in [0.4, 0.5) is 17.3 Å². The van der Waals surface area contributed by atoms with E-state index in [2.05, 4.69) is 178 Å². The van der Waals surface area contributed by atoms with E-state index in [-0.39, 0.29) is 17.7 Å². The van der Waals surface area contributed by atoms with Crippen LogP contribution in [-0.4, -0.2) is 11.3 Å². The molecule has 358 valence electrons. The Morgan fingerprint density at radius 3 is 2.08 bits per heavy atom. The van der Waals surface area contributed by atoms with Crippen molar-refractivity contribution in [1.82, 2.24) is 4.48 Å². The van der Waals surface area contributed by atoms with E-state index in [1.165, 1.54) is 159 Å². The minimum Gasteiger partial charge on any atom is -0.440 e. The molecule has 0 saturated heterocycles. The van der Waals surface area contributed by atoms with Crippen LogP contribution in [0.5, 0.6) is 0 Å². The van der Waals surface area contributed by atoms with Crippen molar-refractivity contribution in [3.8, 4) is 22.3 Å². The van der Waals surface area contributed by atoms with E-state index in [9.17, 15) is 0 Å². The third kappa shape index (κ3) is 5.87. The first kappa shape index (κ1) is 42.5. The number of hydrogen-bond donors (Lipinski definition) is 0. The van der Waals surface area contributed by atoms with Gasteiger partial charge in [0.1, 0.15) is 5.58 Å². The van der Waals surface area contributed by atoms with Crippen LogP contribution in [0.3, 0.4) is 0 Å². The monoisotopic (exact) mass is 939 g/mol. The molecule has 4 heteroatoms. The molecule has 7 saturated carbocycles. The van der Waals surface area contributed by atoms with Crippen LogP contribution in [0.1, 0.15) is 128 Å². The van der Waals surface area contributed by atoms with Gasteiger partial charge in [-0.15, -0.1) is 0 Å². The van der Waals surface area contributed by atoms with E-state index in [1.54, 1.807) is 11.1 Å². The van der Waals surface area contributed by atoms with E-state index in [1.807, 2.05) is 0 Å². The summed E-state index contributed by atoms with van der Waals surface area (Å²) >= 11 is 0. The molecule has 2 aliphatic heterocycles. The summed E-state index contributed by atoms with van der Waals surface area (Å²) in [5, 5.41) is 6.61. The van der Waals surface area contributed by atoms with Gasteiger partial charge >= 0.3 is 6.85 Å². The molecule has 2 aromatic heterocycles. The van der Waals surface area contributed by atoms with Crippen molar-refractivity contribution >= 4 is 78.6 Å². The van der Waals surface area contributed by atoms with Crippen LogP contribution in [0.2, 0.25) is 0 Å². The number of benzene rings is 7. The largest absolute Gasteiger partial charge is 0.440 e. The molecule has 7 aromatic carbocycles. The topological polar surface area (TPSA) is 21.3 Å². The summed E-state index contributed by atoms with van der Waals surface area (Å²) in [5.41, 5.74) is 20.4. The summed E-state index contributed by atoms with van der Waals surface area (Å²) in [6.45, 7) is 14.4. The summed E-state index contributed by atoms with van der Waals surface area (Å²) < 4.78 is 10.4. The van der Waals surface area contributed by atoms with Gasteiger partial charge in [-0.1, -0.05) is 107 Å². The third-order valence-electron chi connectivity index (χ3n) is 20.7. The summed E-state index contributed by atoms with van der Waals surface area (Å²) in [6.07, 6.45) is 15.2. The zero-order valence-corrected chi connectivity index (χ0v) is 43.2. The SMILES string of the molecule is Cc1cc2c3c(c1)N(c1ccc(C(C)(C)C)cc1-c1ccccc1)c1oc4cc5ccccc5cc4c1B3n1c3ccc(C45CC6CC(CC(C6)C4)C5)cc3c3cc(C45CCC(CC(C)C4)C(C)C5)cc-2c31. The van der Waals surface area contributed by atoms with Crippen LogP contribution < -0.4 is 15.8 Å². The molecule has 0 N–H and O–H groups in total. The molecule has 7 fully saturated rings. The Hall–Kier alpha value is -6.00. The van der Waals surface area contributed by atoms with Crippen molar-refractivity contribution in [2.75, 3.05) is 4.90 Å². The second-order valence-corrected chi connectivity index (χ2v) is 26.4. The minimum absolute atomic E-state index is 0.0221. The number of furan rings is 1. The molecule has 9 aromatic rings. The molecule has 72 heavy (non-hydrogen) atoms. The van der Waals surface area contributed by atoms with Gasteiger partial charge in [0.25, 0.3) is 0 Å². The van der Waals surface area contributed by atoms with E-state index in [4.69, 9.17) is 4.42 Å². The first-order chi connectivity index (χ1) is 34.9. The van der Waals surface area contributed by atoms with Crippen molar-refractivity contribution in [2.24, 2.45) is 35.5 Å². The lowest BCUT2D eigenvalue weighted by Crippen LogP contribution is -2.56. The lowest BCUT2D eigenvalue weighted by Gasteiger charge is -2.57. The quantitative estimate of drug-likeness (QED) is 0.164. The zero-order chi connectivity index (χ0) is 48.2. The van der Waals surface area contributed by atoms with Crippen molar-refractivity contribution in [2.45, 2.75) is 128 Å². The molecule has 0 radical (unpaired) electrons. The molecule has 0 amide bonds. The van der Waals surface area contributed by atoms with Crippen LogP contribution in [-0.2, 0) is 16.2 Å². The number of rotatable bonds is 4. The fourth-order valence-electron chi connectivity index (χ4n) is 18.1. The Labute approximate surface area is 426 Å². The van der Waals surface area contributed by atoms with Crippen LogP contribution in [0.25, 0.3) is 65.8 Å². The second kappa shape index (κ2) is 14.6. The number of fused-ring (bicyclic) bond motifs is 14. The Morgan fingerprint density at radius 2 is 1.33 bits per heavy atom. The number of aromatic nitrogens is 1. The summed E-state index contributed by atoms with van der Waals surface area (Å²) in [5.74, 6) is 5.98. The van der Waals surface area contributed by atoms with E-state index in [0.29, 0.717) is 5.41 Å². The van der Waals surface area contributed by atoms with Gasteiger partial charge in [0.2, 0.25) is 5.88 Å². The second-order valence-electron chi connectivity index (χ2n) is 26.4. The van der Waals surface area contributed by atoms with Gasteiger partial charge in [-0.2, -0.15) is 0 Å². The third-order valence-corrected chi connectivity index (χ3v) is 20.7. The van der Waals surface area contributed by atoms with Crippen molar-refractivity contribution in [1.29, 1.82) is 0 Å². The molecule has 0 spiro atoms. The first-order valence-corrected chi connectivity index (χ1v) is 28.1. The molecule has 4 heterocycles. The number of nitrogens with zero attached hydrogens (tertiary/aromatic N) is 2. The smallest absolute Gasteiger partial charge is 0.337 e. The van der Waals surface area contributed by atoms with Gasteiger partial charge in [-0.05, 0) is 234 Å². The summed E-state index contributed by atoms with van der Waals surface area (Å²) in [6, 6.07) is 50.5. The Bertz CT molecular complexity index is 3750. The average molecular weight is 939 g/mol. The Morgan fingerprint density at radius 1 is 0.597 bits per heavy atom. The molecular weight excluding hydrogens is 872 g/mol. The summed E-state index contributed by atoms with van der Waals surface area (Å²) in [4.78, 5) is 2.55. The predicted molar refractivity (Wildman–Crippen MR) is 303 cm³/mol. The predicted octanol–water partition coefficient (Wildman–Crippen LogP) is 17.0. The molecule has 4 unspecified atom stereocenters. The maximum atomic E-state index is 7.55. The lowest BCUT2D eigenvalue weighted by atomic mass is 9.45. The van der Waals surface area contributed by atoms with E-state index >= 15 is 0 Å². The first-order valence-electron chi connectivity index (χ1n) is 28.1. The molecular formula is C68H67BN2O. The molecule has 7 aliphatic carbocycles. The summed E-state index contributed by atoms with van der Waals surface area (Å²) in [7, 11) is 0. The molecule has 9 aliphatic rings. The Balaban J connectivity index is 1.03. The van der Waals surface area contributed by atoms with Crippen LogP contribution >= 0.6 is 0 Å². The van der Waals surface area contributed by atoms with Gasteiger partial charge in [0.15, 0.2) is 0 Å². The highest BCUT2D eigenvalue weighted by Gasteiger charge is 2.53. The normalized spacial score (nSPS) is 27.9. The molecule has 18 rings (SSSR count). The van der Waals surface area contributed by atoms with Crippen LogP contribution in [0.15, 0.2) is 132 Å². The standard InChI is InChI=1S/C68H67BN2O/c1-39-23-54-56-33-51(67-21-20-46(41(3)35-67)22-40(2)34-67)32-55-53-31-50(68-36-42-25-43(37-68)27-44(26-42)38-68)17-19-59(53)71(64(55)56)69-62(54)60(24-39)70(65-63(69)57-28-47-14-10-11-15-48(47)29-61(57)72-65)58-18-16-49(66(4,5)6)30-52(58)45-12-8-7-9-13-45/h7-19,23-24,28-33,40-44,46H,20-22,25-27,34-38H2,1-6H3. The fraction of sp³-hybridized carbons (Fsp3) is 0.382. The van der Waals surface area contributed by atoms with Gasteiger partial charge < -0.3 is 8.90 Å². The van der Waals surface area contributed by atoms with E-state index < -0.39 is 0 Å². The highest BCUT2D eigenvalue weighted by molar-refractivity contribution is 6.91. The number of aryl methyl sites for hydroxylation is 1. The molecule has 4 atom stereocenters. The fourth-order valence-corrected chi connectivity index (χ4v) is 18.1. The maximum absolute atomic E-state index is 7.55. The van der Waals surface area contributed by atoms with Crippen molar-refractivity contribution in [3.63, 3.8) is 0 Å². The average Bonchev–Trinajstić information content (AvgIpc) is 3.79. The maximum Gasteiger partial charge on any atom is 0.337 e. The Kier molecular flexibility index (Phi) is 8.63. The van der Waals surface area contributed by atoms with Crippen molar-refractivity contribution < 1.29 is 4.42 Å². The van der Waals surface area contributed by atoms with Crippen LogP contribution in [0, 0.1) is 42.4 Å². The van der Waals surface area contributed by atoms with Gasteiger partial charge in [0.05, 0.1) is 5.69 Å². The number of anilines is 3. The van der Waals surface area contributed by atoms with Gasteiger partial charge in [-0.25, -0.2) is 0 Å². The molecule has 3 nitrogen and oxygen atoms in total. The van der Waals surface area contributed by atoms with Crippen molar-refractivity contribution in [3.05, 3.63) is 150 Å². The highest BCUT2D eigenvalue weighted by Crippen LogP contribution is 2.62. The lowest BCUT2D eigenvalue weighted by molar-refractivity contribution is -0.00512. The van der Waals surface area contributed by atoms with Gasteiger partial charge in [-0.3, -0.25) is 4.90 Å².